The van der Waals surface area contributed by atoms with E-state index in [-0.39, 0.29) is 0 Å². The molecule has 0 fully saturated rings. The molecule has 0 spiro atoms. The summed E-state index contributed by atoms with van der Waals surface area (Å²) in [5, 5.41) is 0. The Hall–Kier alpha value is 1.72. The van der Waals surface area contributed by atoms with Crippen molar-refractivity contribution >= 4 is 31.7 Å². The summed E-state index contributed by atoms with van der Waals surface area (Å²) in [4.78, 5) is 0. The molecule has 0 aliphatic carbocycles. The SMILES string of the molecule is CP(C)CP(C)CP(C)CP(C)C. The first-order valence-electron chi connectivity index (χ1n) is 4.58. The molecule has 0 aromatic heterocycles. The third-order valence-electron chi connectivity index (χ3n) is 1.53. The molecule has 2 unspecified atom stereocenters. The average molecular weight is 256 g/mol. The van der Waals surface area contributed by atoms with Crippen molar-refractivity contribution < 1.29 is 0 Å². The smallest absolute Gasteiger partial charge is 0.0119 e. The molecule has 0 aromatic carbocycles. The van der Waals surface area contributed by atoms with Gasteiger partial charge in [-0.3, -0.25) is 0 Å². The van der Waals surface area contributed by atoms with Crippen molar-refractivity contribution in [1.29, 1.82) is 0 Å². The van der Waals surface area contributed by atoms with Crippen molar-refractivity contribution in [1.82, 2.24) is 0 Å². The van der Waals surface area contributed by atoms with Crippen molar-refractivity contribution in [2.45, 2.75) is 0 Å². The van der Waals surface area contributed by atoms with Crippen LogP contribution in [0.1, 0.15) is 0 Å². The summed E-state index contributed by atoms with van der Waals surface area (Å²) in [6.07, 6.45) is 0. The van der Waals surface area contributed by atoms with Crippen LogP contribution in [0.2, 0.25) is 0 Å². The Morgan fingerprint density at radius 1 is 0.538 bits per heavy atom. The summed E-state index contributed by atoms with van der Waals surface area (Å²) in [6, 6.07) is 0. The summed E-state index contributed by atoms with van der Waals surface area (Å²) in [5.74, 6) is 4.66. The Bertz CT molecular complexity index is 111. The second kappa shape index (κ2) is 7.94. The lowest BCUT2D eigenvalue weighted by molar-refractivity contribution is 1.85. The molecule has 0 heterocycles. The molecule has 13 heavy (non-hydrogen) atoms. The minimum atomic E-state index is 0.354. The van der Waals surface area contributed by atoms with Crippen LogP contribution in [0, 0.1) is 0 Å². The lowest BCUT2D eigenvalue weighted by Crippen LogP contribution is -1.88. The Morgan fingerprint density at radius 3 is 1.08 bits per heavy atom. The van der Waals surface area contributed by atoms with E-state index in [4.69, 9.17) is 0 Å². The summed E-state index contributed by atoms with van der Waals surface area (Å²) < 4.78 is 0. The fourth-order valence-electron chi connectivity index (χ4n) is 1.47. The maximum absolute atomic E-state index is 2.50. The molecule has 0 radical (unpaired) electrons. The highest BCUT2D eigenvalue weighted by atomic mass is 31.2. The molecule has 0 aliphatic heterocycles. The summed E-state index contributed by atoms with van der Waals surface area (Å²) in [7, 11) is 1.46. The van der Waals surface area contributed by atoms with Crippen molar-refractivity contribution in [3.05, 3.63) is 0 Å². The van der Waals surface area contributed by atoms with E-state index >= 15 is 0 Å². The molecular formula is C9H24P4. The number of hydrogen-bond acceptors (Lipinski definition) is 0. The highest BCUT2D eigenvalue weighted by Gasteiger charge is 2.10. The minimum Gasteiger partial charge on any atom is -0.109 e. The van der Waals surface area contributed by atoms with Crippen LogP contribution in [0.15, 0.2) is 0 Å². The summed E-state index contributed by atoms with van der Waals surface area (Å²) in [5.41, 5.74) is 0. The topological polar surface area (TPSA) is 0 Å². The maximum Gasteiger partial charge on any atom is -0.0119 e. The predicted octanol–water partition coefficient (Wildman–Crippen LogP) is 4.57. The number of rotatable bonds is 6. The lowest BCUT2D eigenvalue weighted by Gasteiger charge is -2.21. The molecule has 2 atom stereocenters. The zero-order valence-corrected chi connectivity index (χ0v) is 13.5. The fraction of sp³-hybridized carbons (Fsp3) is 1.00. The zero-order valence-electron chi connectivity index (χ0n) is 9.91. The quantitative estimate of drug-likeness (QED) is 0.611. The van der Waals surface area contributed by atoms with Crippen LogP contribution >= 0.6 is 31.7 Å². The maximum atomic E-state index is 2.50. The van der Waals surface area contributed by atoms with Gasteiger partial charge in [-0.25, -0.2) is 0 Å². The van der Waals surface area contributed by atoms with Crippen molar-refractivity contribution in [2.24, 2.45) is 0 Å². The van der Waals surface area contributed by atoms with E-state index in [1.54, 1.807) is 17.7 Å². The molecule has 80 valence electrons. The molecule has 0 aromatic rings. The normalized spacial score (nSPS) is 16.6. The lowest BCUT2D eigenvalue weighted by atomic mass is 11.8. The molecule has 0 amide bonds. The first-order chi connectivity index (χ1) is 5.91. The van der Waals surface area contributed by atoms with E-state index in [0.717, 1.165) is 0 Å². The second-order valence-electron chi connectivity index (χ2n) is 4.30. The van der Waals surface area contributed by atoms with Crippen LogP contribution in [0.25, 0.3) is 0 Å². The Balaban J connectivity index is 3.58. The van der Waals surface area contributed by atoms with Gasteiger partial charge < -0.3 is 0 Å². The molecule has 0 nitrogen and oxygen atoms in total. The molecule has 0 saturated heterocycles. The first-order valence-corrected chi connectivity index (χ1v) is 13.7. The largest absolute Gasteiger partial charge is 0.109 e. The van der Waals surface area contributed by atoms with Crippen LogP contribution in [-0.4, -0.2) is 57.7 Å². The van der Waals surface area contributed by atoms with E-state index in [2.05, 4.69) is 40.0 Å². The first kappa shape index (κ1) is 14.7. The van der Waals surface area contributed by atoms with Crippen molar-refractivity contribution in [3.63, 3.8) is 0 Å². The zero-order chi connectivity index (χ0) is 10.4. The summed E-state index contributed by atoms with van der Waals surface area (Å²) >= 11 is 0. The van der Waals surface area contributed by atoms with Gasteiger partial charge in [0.2, 0.25) is 0 Å². The summed E-state index contributed by atoms with van der Waals surface area (Å²) in [6.45, 7) is 14.7. The third-order valence-corrected chi connectivity index (χ3v) is 13.8. The van der Waals surface area contributed by atoms with Gasteiger partial charge in [0.1, 0.15) is 0 Å². The highest BCUT2D eigenvalue weighted by molar-refractivity contribution is 7.84. The minimum absolute atomic E-state index is 0.354. The monoisotopic (exact) mass is 256 g/mol. The van der Waals surface area contributed by atoms with Gasteiger partial charge in [-0.1, -0.05) is 0 Å². The molecule has 0 rings (SSSR count). The molecule has 0 N–H and O–H groups in total. The van der Waals surface area contributed by atoms with Crippen LogP contribution in [0.5, 0.6) is 0 Å². The molecule has 0 bridgehead atoms. The predicted molar refractivity (Wildman–Crippen MR) is 77.8 cm³/mol. The van der Waals surface area contributed by atoms with Crippen LogP contribution < -0.4 is 0 Å². The fourth-order valence-corrected chi connectivity index (χ4v) is 14.8. The Morgan fingerprint density at radius 2 is 0.846 bits per heavy atom. The second-order valence-corrected chi connectivity index (χ2v) is 15.4. The van der Waals surface area contributed by atoms with Gasteiger partial charge in [0.15, 0.2) is 0 Å². The van der Waals surface area contributed by atoms with Crippen molar-refractivity contribution in [2.75, 3.05) is 57.7 Å². The Labute approximate surface area is 89.7 Å². The van der Waals surface area contributed by atoms with Crippen LogP contribution in [0.3, 0.4) is 0 Å². The molecule has 0 saturated carbocycles. The van der Waals surface area contributed by atoms with E-state index < -0.39 is 0 Å². The van der Waals surface area contributed by atoms with Crippen LogP contribution in [-0.2, 0) is 0 Å². The van der Waals surface area contributed by atoms with E-state index in [9.17, 15) is 0 Å². The van der Waals surface area contributed by atoms with Gasteiger partial charge in [0.25, 0.3) is 0 Å². The van der Waals surface area contributed by atoms with Crippen LogP contribution in [0.4, 0.5) is 0 Å². The molecular weight excluding hydrogens is 232 g/mol. The standard InChI is InChI=1S/C9H24P4/c1-10(2)7-12(5)9-13(6)8-11(3)4/h7-9H2,1-6H3. The van der Waals surface area contributed by atoms with Gasteiger partial charge in [-0.2, -0.15) is 0 Å². The van der Waals surface area contributed by atoms with Crippen molar-refractivity contribution in [3.8, 4) is 0 Å². The molecule has 0 aliphatic rings. The highest BCUT2D eigenvalue weighted by Crippen LogP contribution is 2.55. The van der Waals surface area contributed by atoms with Gasteiger partial charge in [-0.05, 0) is 57.7 Å². The molecule has 4 heteroatoms. The van der Waals surface area contributed by atoms with E-state index in [0.29, 0.717) is 31.7 Å². The van der Waals surface area contributed by atoms with Gasteiger partial charge in [-0.15, -0.1) is 31.7 Å². The van der Waals surface area contributed by atoms with Gasteiger partial charge >= 0.3 is 0 Å². The average Bonchev–Trinajstić information content (AvgIpc) is 1.80. The number of hydrogen-bond donors (Lipinski definition) is 0. The van der Waals surface area contributed by atoms with Gasteiger partial charge in [0, 0.05) is 0 Å². The van der Waals surface area contributed by atoms with E-state index in [1.807, 2.05) is 0 Å². The van der Waals surface area contributed by atoms with E-state index in [1.165, 1.54) is 0 Å². The Kier molecular flexibility index (Phi) is 8.99. The third kappa shape index (κ3) is 10.0. The van der Waals surface area contributed by atoms with Gasteiger partial charge in [0.05, 0.1) is 0 Å².